The van der Waals surface area contributed by atoms with Crippen LogP contribution in [0.3, 0.4) is 0 Å². The van der Waals surface area contributed by atoms with E-state index in [1.165, 1.54) is 12.8 Å². The Bertz CT molecular complexity index is 901. The quantitative estimate of drug-likeness (QED) is 0.435. The van der Waals surface area contributed by atoms with Gasteiger partial charge < -0.3 is 24.1 Å². The maximum Gasteiger partial charge on any atom is 0.310 e. The molecule has 0 unspecified atom stereocenters. The van der Waals surface area contributed by atoms with Crippen LogP contribution in [0.1, 0.15) is 51.0 Å². The van der Waals surface area contributed by atoms with Crippen LogP contribution in [0.5, 0.6) is 11.5 Å². The lowest BCUT2D eigenvalue weighted by molar-refractivity contribution is -0.147. The Hall–Kier alpha value is -1.83. The Kier molecular flexibility index (Phi) is 6.55. The molecule has 34 heavy (non-hydrogen) atoms. The van der Waals surface area contributed by atoms with E-state index in [4.69, 9.17) is 18.9 Å². The van der Waals surface area contributed by atoms with Gasteiger partial charge in [0.05, 0.1) is 32.3 Å². The van der Waals surface area contributed by atoms with Crippen molar-refractivity contribution in [3.8, 4) is 11.5 Å². The number of hydrogen-bond donors (Lipinski definition) is 1. The van der Waals surface area contributed by atoms with E-state index in [-0.39, 0.29) is 41.5 Å². The minimum atomic E-state index is -0.133. The lowest BCUT2D eigenvalue weighted by Gasteiger charge is -2.51. The highest BCUT2D eigenvalue weighted by Crippen LogP contribution is 2.62. The third-order valence-corrected chi connectivity index (χ3v) is 9.02. The minimum Gasteiger partial charge on any atom is -0.493 e. The predicted molar refractivity (Wildman–Crippen MR) is 127 cm³/mol. The van der Waals surface area contributed by atoms with Crippen LogP contribution in [0, 0.1) is 23.2 Å². The highest BCUT2D eigenvalue weighted by Gasteiger charge is 2.65. The number of aliphatic hydroxyl groups excluding tert-OH is 1. The van der Waals surface area contributed by atoms with Gasteiger partial charge in [-0.15, -0.1) is 0 Å². The fourth-order valence-electron chi connectivity index (χ4n) is 7.21. The van der Waals surface area contributed by atoms with Gasteiger partial charge in [0.1, 0.15) is 6.10 Å². The number of rotatable bonds is 9. The van der Waals surface area contributed by atoms with Gasteiger partial charge in [0.15, 0.2) is 11.5 Å². The summed E-state index contributed by atoms with van der Waals surface area (Å²) in [4.78, 5) is 15.4. The second kappa shape index (κ2) is 9.32. The molecule has 1 aromatic rings. The van der Waals surface area contributed by atoms with Crippen LogP contribution in [0.25, 0.3) is 0 Å². The van der Waals surface area contributed by atoms with Crippen molar-refractivity contribution in [3.05, 3.63) is 23.8 Å². The van der Waals surface area contributed by atoms with E-state index >= 15 is 0 Å². The van der Waals surface area contributed by atoms with Gasteiger partial charge >= 0.3 is 5.97 Å². The van der Waals surface area contributed by atoms with Gasteiger partial charge in [-0.25, -0.2) is 0 Å². The van der Waals surface area contributed by atoms with E-state index in [1.54, 1.807) is 14.2 Å². The molecule has 0 aromatic heterocycles. The number of fused-ring (bicyclic) bond motifs is 3. The van der Waals surface area contributed by atoms with E-state index < -0.39 is 0 Å². The third kappa shape index (κ3) is 4.31. The standard InChI is InChI=1S/C27H39NO6/c1-26-8-4-9-27(17-33-27)24(26)13-19-20(25(30)34-23(19)14-26)16-28(10-5-11-29)15-18-6-7-21(31-2)22(12-18)32-3/h6-7,12,19-20,23-24,29H,4-5,8-11,13-17H2,1-3H3/t19-,20-,23+,24+,26+,27-/m0/s1. The molecule has 2 aliphatic carbocycles. The molecule has 0 amide bonds. The Balaban J connectivity index is 1.33. The number of nitrogens with zero attached hydrogens (tertiary/aromatic N) is 1. The van der Waals surface area contributed by atoms with Gasteiger partial charge in [0, 0.05) is 32.2 Å². The van der Waals surface area contributed by atoms with Crippen molar-refractivity contribution in [2.75, 3.05) is 40.5 Å². The first-order valence-corrected chi connectivity index (χ1v) is 12.8. The van der Waals surface area contributed by atoms with Crippen molar-refractivity contribution in [1.82, 2.24) is 4.90 Å². The summed E-state index contributed by atoms with van der Waals surface area (Å²) in [6.07, 6.45) is 6.24. The van der Waals surface area contributed by atoms with Crippen molar-refractivity contribution < 1.29 is 28.8 Å². The van der Waals surface area contributed by atoms with Crippen molar-refractivity contribution in [2.24, 2.45) is 23.2 Å². The molecule has 4 aliphatic rings. The first kappa shape index (κ1) is 23.9. The second-order valence-corrected chi connectivity index (χ2v) is 11.1. The first-order valence-electron chi connectivity index (χ1n) is 12.8. The van der Waals surface area contributed by atoms with Crippen LogP contribution in [0.4, 0.5) is 0 Å². The Morgan fingerprint density at radius 1 is 1.21 bits per heavy atom. The normalized spacial score (nSPS) is 36.2. The summed E-state index contributed by atoms with van der Waals surface area (Å²) >= 11 is 0. The molecule has 5 rings (SSSR count). The number of carbonyl (C=O) groups is 1. The molecule has 2 saturated carbocycles. The maximum atomic E-state index is 13.1. The molecule has 1 spiro atoms. The summed E-state index contributed by atoms with van der Waals surface area (Å²) in [6.45, 7) is 5.44. The smallest absolute Gasteiger partial charge is 0.310 e. The van der Waals surface area contributed by atoms with Crippen molar-refractivity contribution in [1.29, 1.82) is 0 Å². The minimum absolute atomic E-state index is 0.0217. The molecule has 0 bridgehead atoms. The van der Waals surface area contributed by atoms with E-state index in [0.29, 0.717) is 36.9 Å². The molecule has 2 aliphatic heterocycles. The van der Waals surface area contributed by atoms with Crippen LogP contribution in [-0.4, -0.2) is 68.2 Å². The number of epoxide rings is 1. The summed E-state index contributed by atoms with van der Waals surface area (Å²) in [5.41, 5.74) is 1.36. The maximum absolute atomic E-state index is 13.1. The van der Waals surface area contributed by atoms with Crippen LogP contribution in [-0.2, 0) is 20.8 Å². The molecule has 1 N–H and O–H groups in total. The van der Waals surface area contributed by atoms with E-state index in [1.807, 2.05) is 18.2 Å². The Morgan fingerprint density at radius 2 is 2.00 bits per heavy atom. The fraction of sp³-hybridized carbons (Fsp3) is 0.741. The molecule has 7 heteroatoms. The number of aliphatic hydroxyl groups is 1. The topological polar surface area (TPSA) is 80.8 Å². The van der Waals surface area contributed by atoms with Gasteiger partial charge in [0.25, 0.3) is 0 Å². The lowest BCUT2D eigenvalue weighted by atomic mass is 9.53. The predicted octanol–water partition coefficient (Wildman–Crippen LogP) is 3.42. The number of esters is 1. The van der Waals surface area contributed by atoms with Crippen molar-refractivity contribution >= 4 is 5.97 Å². The summed E-state index contributed by atoms with van der Waals surface area (Å²) in [5.74, 6) is 1.97. The van der Waals surface area contributed by atoms with Gasteiger partial charge in [-0.1, -0.05) is 13.0 Å². The molecule has 7 nitrogen and oxygen atoms in total. The number of carbonyl (C=O) groups excluding carboxylic acids is 1. The SMILES string of the molecule is COc1ccc(CN(CCCO)C[C@@H]2C(=O)O[C@@H]3C[C@@]4(C)CCC[C@]5(CO5)[C@@H]4C[C@@H]23)cc1OC. The second-order valence-electron chi connectivity index (χ2n) is 11.1. The third-order valence-electron chi connectivity index (χ3n) is 9.02. The van der Waals surface area contributed by atoms with Gasteiger partial charge in [0.2, 0.25) is 0 Å². The van der Waals surface area contributed by atoms with Gasteiger partial charge in [-0.3, -0.25) is 9.69 Å². The first-order chi connectivity index (χ1) is 16.4. The number of ether oxygens (including phenoxy) is 4. The Morgan fingerprint density at radius 3 is 2.71 bits per heavy atom. The fourth-order valence-corrected chi connectivity index (χ4v) is 7.21. The highest BCUT2D eigenvalue weighted by atomic mass is 16.6. The average Bonchev–Trinajstić information content (AvgIpc) is 3.53. The molecular weight excluding hydrogens is 434 g/mol. The molecule has 2 saturated heterocycles. The Labute approximate surface area is 202 Å². The van der Waals surface area contributed by atoms with Crippen LogP contribution in [0.15, 0.2) is 18.2 Å². The monoisotopic (exact) mass is 473 g/mol. The largest absolute Gasteiger partial charge is 0.493 e. The van der Waals surface area contributed by atoms with Crippen molar-refractivity contribution in [2.45, 2.75) is 63.7 Å². The van der Waals surface area contributed by atoms with E-state index in [9.17, 15) is 9.90 Å². The van der Waals surface area contributed by atoms with E-state index in [2.05, 4.69) is 11.8 Å². The number of methoxy groups -OCH3 is 2. The molecule has 6 atom stereocenters. The van der Waals surface area contributed by atoms with Gasteiger partial charge in [-0.05, 0) is 67.6 Å². The number of hydrogen-bond acceptors (Lipinski definition) is 7. The summed E-state index contributed by atoms with van der Waals surface area (Å²) in [6, 6.07) is 5.94. The summed E-state index contributed by atoms with van der Waals surface area (Å²) in [7, 11) is 3.27. The molecule has 0 radical (unpaired) electrons. The van der Waals surface area contributed by atoms with Crippen LogP contribution < -0.4 is 9.47 Å². The molecule has 1 aromatic carbocycles. The molecular formula is C27H39NO6. The highest BCUT2D eigenvalue weighted by molar-refractivity contribution is 5.75. The van der Waals surface area contributed by atoms with Crippen LogP contribution >= 0.6 is 0 Å². The van der Waals surface area contributed by atoms with E-state index in [0.717, 1.165) is 38.0 Å². The molecule has 4 fully saturated rings. The average molecular weight is 474 g/mol. The van der Waals surface area contributed by atoms with Crippen LogP contribution in [0.2, 0.25) is 0 Å². The zero-order chi connectivity index (χ0) is 23.9. The summed E-state index contributed by atoms with van der Waals surface area (Å²) in [5, 5.41) is 9.49. The zero-order valence-corrected chi connectivity index (χ0v) is 20.8. The molecule has 188 valence electrons. The lowest BCUT2D eigenvalue weighted by Crippen LogP contribution is -2.51. The van der Waals surface area contributed by atoms with Crippen molar-refractivity contribution in [3.63, 3.8) is 0 Å². The van der Waals surface area contributed by atoms with Gasteiger partial charge in [-0.2, -0.15) is 0 Å². The zero-order valence-electron chi connectivity index (χ0n) is 20.8. The molecule has 2 heterocycles. The number of benzene rings is 1. The summed E-state index contributed by atoms with van der Waals surface area (Å²) < 4.78 is 22.9.